The highest BCUT2D eigenvalue weighted by Crippen LogP contribution is 2.11. The molecule has 0 aliphatic rings. The fourth-order valence-electron chi connectivity index (χ4n) is 1.52. The van der Waals surface area contributed by atoms with E-state index in [-0.39, 0.29) is 5.91 Å². The number of carboxylic acid groups (broad SMARTS) is 1. The largest absolute Gasteiger partial charge is 0.481 e. The van der Waals surface area contributed by atoms with E-state index in [1.165, 1.54) is 4.88 Å². The predicted molar refractivity (Wildman–Crippen MR) is 71.7 cm³/mol. The van der Waals surface area contributed by atoms with Gasteiger partial charge in [-0.15, -0.1) is 11.3 Å². The minimum Gasteiger partial charge on any atom is -0.481 e. The second kappa shape index (κ2) is 7.87. The molecule has 2 N–H and O–H groups in total. The molecule has 1 heterocycles. The average Bonchev–Trinajstić information content (AvgIpc) is 2.81. The lowest BCUT2D eigenvalue weighted by atomic mass is 10.1. The first-order valence-corrected chi connectivity index (χ1v) is 6.99. The molecule has 1 amide bonds. The van der Waals surface area contributed by atoms with Gasteiger partial charge in [-0.25, -0.2) is 0 Å². The van der Waals surface area contributed by atoms with Crippen LogP contribution in [0.5, 0.6) is 0 Å². The zero-order valence-electron chi connectivity index (χ0n) is 10.5. The molecule has 0 fully saturated rings. The van der Waals surface area contributed by atoms with E-state index in [2.05, 4.69) is 11.4 Å². The maximum absolute atomic E-state index is 11.5. The first-order chi connectivity index (χ1) is 8.59. The number of hydrogen-bond donors (Lipinski definition) is 2. The number of carbonyl (C=O) groups excluding carboxylic acids is 1. The van der Waals surface area contributed by atoms with Crippen LogP contribution in [0.15, 0.2) is 17.5 Å². The van der Waals surface area contributed by atoms with Crippen molar-refractivity contribution in [1.82, 2.24) is 5.32 Å². The van der Waals surface area contributed by atoms with Crippen LogP contribution in [-0.4, -0.2) is 23.5 Å². The molecule has 1 aromatic rings. The Kier molecular flexibility index (Phi) is 6.43. The molecule has 5 heteroatoms. The predicted octanol–water partition coefficient (Wildman–Crippen LogP) is 2.30. The molecule has 1 unspecified atom stereocenters. The zero-order valence-corrected chi connectivity index (χ0v) is 11.3. The summed E-state index contributed by atoms with van der Waals surface area (Å²) in [5.74, 6) is -1.22. The van der Waals surface area contributed by atoms with Crippen molar-refractivity contribution < 1.29 is 14.7 Å². The van der Waals surface area contributed by atoms with E-state index >= 15 is 0 Å². The average molecular weight is 269 g/mol. The Labute approximate surface area is 111 Å². The zero-order chi connectivity index (χ0) is 13.4. The Morgan fingerprint density at radius 2 is 2.28 bits per heavy atom. The van der Waals surface area contributed by atoms with Crippen molar-refractivity contribution in [2.75, 3.05) is 6.54 Å². The first-order valence-electron chi connectivity index (χ1n) is 6.11. The number of nitrogens with one attached hydrogen (secondary N) is 1. The molecule has 18 heavy (non-hydrogen) atoms. The first kappa shape index (κ1) is 14.7. The molecular formula is C13H19NO3S. The summed E-state index contributed by atoms with van der Waals surface area (Å²) < 4.78 is 0. The van der Waals surface area contributed by atoms with E-state index in [4.69, 9.17) is 5.11 Å². The van der Waals surface area contributed by atoms with Crippen LogP contribution in [0.25, 0.3) is 0 Å². The molecule has 0 aliphatic heterocycles. The summed E-state index contributed by atoms with van der Waals surface area (Å²) in [6.07, 6.45) is 2.74. The third-order valence-electron chi connectivity index (χ3n) is 2.73. The van der Waals surface area contributed by atoms with Gasteiger partial charge >= 0.3 is 5.97 Å². The van der Waals surface area contributed by atoms with Crippen LogP contribution in [0.4, 0.5) is 0 Å². The number of amides is 1. The minimum absolute atomic E-state index is 0.00384. The fraction of sp³-hybridized carbons (Fsp3) is 0.538. The van der Waals surface area contributed by atoms with Crippen LogP contribution in [0, 0.1) is 5.92 Å². The van der Waals surface area contributed by atoms with E-state index < -0.39 is 11.9 Å². The number of carbonyl (C=O) groups is 2. The molecular weight excluding hydrogens is 250 g/mol. The quantitative estimate of drug-likeness (QED) is 0.761. The minimum atomic E-state index is -0.818. The Bertz CT molecular complexity index is 376. The highest BCUT2D eigenvalue weighted by atomic mass is 32.1. The molecule has 1 aromatic heterocycles. The van der Waals surface area contributed by atoms with Crippen LogP contribution in [0.1, 0.15) is 31.1 Å². The SMILES string of the molecule is CC(CCNC(=O)CCCc1cccs1)C(=O)O. The molecule has 0 bridgehead atoms. The summed E-state index contributed by atoms with van der Waals surface area (Å²) in [5, 5.41) is 13.5. The highest BCUT2D eigenvalue weighted by molar-refractivity contribution is 7.09. The van der Waals surface area contributed by atoms with Crippen LogP contribution in [0.3, 0.4) is 0 Å². The van der Waals surface area contributed by atoms with Gasteiger partial charge in [0.2, 0.25) is 5.91 Å². The van der Waals surface area contributed by atoms with E-state index in [0.717, 1.165) is 12.8 Å². The Hall–Kier alpha value is -1.36. The number of hydrogen-bond acceptors (Lipinski definition) is 3. The van der Waals surface area contributed by atoms with Crippen LogP contribution >= 0.6 is 11.3 Å². The Morgan fingerprint density at radius 1 is 1.50 bits per heavy atom. The fourth-order valence-corrected chi connectivity index (χ4v) is 2.27. The number of thiophene rings is 1. The number of rotatable bonds is 8. The third-order valence-corrected chi connectivity index (χ3v) is 3.66. The van der Waals surface area contributed by atoms with E-state index in [9.17, 15) is 9.59 Å². The van der Waals surface area contributed by atoms with Gasteiger partial charge in [0.05, 0.1) is 5.92 Å². The van der Waals surface area contributed by atoms with E-state index in [0.29, 0.717) is 19.4 Å². The molecule has 0 radical (unpaired) electrons. The van der Waals surface area contributed by atoms with Crippen LogP contribution in [0.2, 0.25) is 0 Å². The lowest BCUT2D eigenvalue weighted by Gasteiger charge is -2.07. The van der Waals surface area contributed by atoms with Gasteiger partial charge in [-0.1, -0.05) is 13.0 Å². The van der Waals surface area contributed by atoms with Crippen LogP contribution < -0.4 is 5.32 Å². The lowest BCUT2D eigenvalue weighted by Crippen LogP contribution is -2.26. The van der Waals surface area contributed by atoms with Crippen molar-refractivity contribution in [2.45, 2.75) is 32.6 Å². The van der Waals surface area contributed by atoms with Crippen molar-refractivity contribution in [3.05, 3.63) is 22.4 Å². The Morgan fingerprint density at radius 3 is 2.89 bits per heavy atom. The second-order valence-electron chi connectivity index (χ2n) is 4.31. The molecule has 1 rings (SSSR count). The van der Waals surface area contributed by atoms with Crippen molar-refractivity contribution in [3.63, 3.8) is 0 Å². The molecule has 4 nitrogen and oxygen atoms in total. The number of carboxylic acids is 1. The number of aliphatic carboxylic acids is 1. The molecule has 0 saturated carbocycles. The summed E-state index contributed by atoms with van der Waals surface area (Å²) in [4.78, 5) is 23.3. The normalized spacial score (nSPS) is 12.1. The van der Waals surface area contributed by atoms with Crippen molar-refractivity contribution in [1.29, 1.82) is 0 Å². The summed E-state index contributed by atoms with van der Waals surface area (Å²) in [6.45, 7) is 2.08. The Balaban J connectivity index is 2.05. The van der Waals surface area contributed by atoms with Gasteiger partial charge in [-0.2, -0.15) is 0 Å². The molecule has 0 aromatic carbocycles. The van der Waals surface area contributed by atoms with E-state index in [1.54, 1.807) is 18.3 Å². The van der Waals surface area contributed by atoms with Gasteiger partial charge in [0.15, 0.2) is 0 Å². The third kappa shape index (κ3) is 5.82. The summed E-state index contributed by atoms with van der Waals surface area (Å²) >= 11 is 1.70. The lowest BCUT2D eigenvalue weighted by molar-refractivity contribution is -0.141. The highest BCUT2D eigenvalue weighted by Gasteiger charge is 2.10. The smallest absolute Gasteiger partial charge is 0.306 e. The topological polar surface area (TPSA) is 66.4 Å². The molecule has 100 valence electrons. The summed E-state index contributed by atoms with van der Waals surface area (Å²) in [5.41, 5.74) is 0. The second-order valence-corrected chi connectivity index (χ2v) is 5.34. The van der Waals surface area contributed by atoms with Crippen LogP contribution in [-0.2, 0) is 16.0 Å². The molecule has 0 spiro atoms. The summed E-state index contributed by atoms with van der Waals surface area (Å²) in [6, 6.07) is 4.07. The molecule has 0 saturated heterocycles. The van der Waals surface area contributed by atoms with Crippen molar-refractivity contribution in [2.24, 2.45) is 5.92 Å². The standard InChI is InChI=1S/C13H19NO3S/c1-10(13(16)17)7-8-14-12(15)6-2-4-11-5-3-9-18-11/h3,5,9-10H,2,4,6-8H2,1H3,(H,14,15)(H,16,17). The monoisotopic (exact) mass is 269 g/mol. The van der Waals surface area contributed by atoms with Crippen molar-refractivity contribution >= 4 is 23.2 Å². The maximum atomic E-state index is 11.5. The van der Waals surface area contributed by atoms with Gasteiger partial charge in [0.1, 0.15) is 0 Å². The summed E-state index contributed by atoms with van der Waals surface area (Å²) in [7, 11) is 0. The van der Waals surface area contributed by atoms with Crippen molar-refractivity contribution in [3.8, 4) is 0 Å². The number of aryl methyl sites for hydroxylation is 1. The van der Waals surface area contributed by atoms with Gasteiger partial charge in [0.25, 0.3) is 0 Å². The maximum Gasteiger partial charge on any atom is 0.306 e. The van der Waals surface area contributed by atoms with Gasteiger partial charge < -0.3 is 10.4 Å². The molecule has 1 atom stereocenters. The van der Waals surface area contributed by atoms with Gasteiger partial charge in [-0.3, -0.25) is 9.59 Å². The van der Waals surface area contributed by atoms with Gasteiger partial charge in [-0.05, 0) is 30.7 Å². The van der Waals surface area contributed by atoms with Gasteiger partial charge in [0, 0.05) is 17.8 Å². The van der Waals surface area contributed by atoms with E-state index in [1.807, 2.05) is 11.4 Å². The molecule has 0 aliphatic carbocycles.